The number of aromatic nitrogens is 4. The largest absolute Gasteiger partial charge is 0.479 e. The fourth-order valence-electron chi connectivity index (χ4n) is 3.20. The lowest BCUT2D eigenvalue weighted by molar-refractivity contribution is -0.145. The van der Waals surface area contributed by atoms with Gasteiger partial charge in [-0.2, -0.15) is 5.10 Å². The fourth-order valence-corrected chi connectivity index (χ4v) is 4.30. The molecule has 0 bridgehead atoms. The minimum atomic E-state index is -1.12. The summed E-state index contributed by atoms with van der Waals surface area (Å²) in [6.07, 6.45) is -0.591. The Morgan fingerprint density at radius 3 is 2.74 bits per heavy atom. The van der Waals surface area contributed by atoms with E-state index in [2.05, 4.69) is 10.1 Å². The van der Waals surface area contributed by atoms with Gasteiger partial charge in [0.1, 0.15) is 17.8 Å². The maximum atomic E-state index is 11.8. The summed E-state index contributed by atoms with van der Waals surface area (Å²) in [6, 6.07) is 4.89. The number of nitrogens with zero attached hydrogens (tertiary/aromatic N) is 4. The summed E-state index contributed by atoms with van der Waals surface area (Å²) in [4.78, 5) is 32.7. The Balaban J connectivity index is 1.80. The van der Waals surface area contributed by atoms with Crippen molar-refractivity contribution in [2.24, 2.45) is 0 Å². The highest BCUT2D eigenvalue weighted by Crippen LogP contribution is 2.42. The van der Waals surface area contributed by atoms with Gasteiger partial charge in [0, 0.05) is 29.0 Å². The SMILES string of the molecule is CC(Oc1ccc2c(c1)OC(C(=O)O)Cc1sc(-c3ncnn3C(C)C)nc1-2)C(=O)O. The lowest BCUT2D eigenvalue weighted by Gasteiger charge is -2.16. The molecule has 11 heteroatoms. The van der Waals surface area contributed by atoms with Gasteiger partial charge in [0.15, 0.2) is 16.9 Å². The van der Waals surface area contributed by atoms with Crippen molar-refractivity contribution in [1.82, 2.24) is 19.7 Å². The summed E-state index contributed by atoms with van der Waals surface area (Å²) in [5, 5.41) is 23.6. The van der Waals surface area contributed by atoms with Crippen LogP contribution in [0.3, 0.4) is 0 Å². The molecule has 2 unspecified atom stereocenters. The number of hydrogen-bond acceptors (Lipinski definition) is 8. The van der Waals surface area contributed by atoms with Crippen LogP contribution in [0.25, 0.3) is 22.1 Å². The second-order valence-electron chi connectivity index (χ2n) is 7.32. The Hall–Kier alpha value is -3.47. The molecule has 3 aromatic rings. The Morgan fingerprint density at radius 1 is 1.29 bits per heavy atom. The zero-order valence-corrected chi connectivity index (χ0v) is 17.8. The van der Waals surface area contributed by atoms with Gasteiger partial charge >= 0.3 is 11.9 Å². The quantitative estimate of drug-likeness (QED) is 0.588. The number of fused-ring (bicyclic) bond motifs is 3. The van der Waals surface area contributed by atoms with Crippen LogP contribution in [0.2, 0.25) is 0 Å². The predicted octanol–water partition coefficient (Wildman–Crippen LogP) is 2.89. The van der Waals surface area contributed by atoms with E-state index >= 15 is 0 Å². The minimum Gasteiger partial charge on any atom is -0.479 e. The normalized spacial score (nSPS) is 16.1. The first kappa shape index (κ1) is 20.8. The van der Waals surface area contributed by atoms with Gasteiger partial charge in [0.25, 0.3) is 0 Å². The van der Waals surface area contributed by atoms with Crippen LogP contribution in [0.1, 0.15) is 31.7 Å². The summed E-state index contributed by atoms with van der Waals surface area (Å²) < 4.78 is 12.9. The average molecular weight is 444 g/mol. The monoisotopic (exact) mass is 444 g/mol. The van der Waals surface area contributed by atoms with Crippen LogP contribution in [0.5, 0.6) is 11.5 Å². The third kappa shape index (κ3) is 3.96. The maximum Gasteiger partial charge on any atom is 0.345 e. The molecule has 0 amide bonds. The molecule has 0 saturated carbocycles. The standard InChI is InChI=1S/C20H20N4O6S/c1-9(2)24-17(21-8-22-24)18-23-16-12-5-4-11(29-10(3)19(25)26)6-13(12)30-14(20(27)28)7-15(16)31-18/h4-6,8-10,14H,7H2,1-3H3,(H,25,26)(H,27,28). The number of hydrogen-bond donors (Lipinski definition) is 2. The lowest BCUT2D eigenvalue weighted by atomic mass is 10.1. The van der Waals surface area contributed by atoms with Crippen LogP contribution in [-0.2, 0) is 16.0 Å². The lowest BCUT2D eigenvalue weighted by Crippen LogP contribution is -2.28. The van der Waals surface area contributed by atoms with E-state index in [0.717, 1.165) is 4.88 Å². The molecule has 2 aromatic heterocycles. The first-order chi connectivity index (χ1) is 14.7. The molecule has 3 heterocycles. The summed E-state index contributed by atoms with van der Waals surface area (Å²) in [5.41, 5.74) is 1.21. The van der Waals surface area contributed by atoms with E-state index in [-0.39, 0.29) is 24.0 Å². The van der Waals surface area contributed by atoms with Crippen LogP contribution in [0, 0.1) is 0 Å². The summed E-state index contributed by atoms with van der Waals surface area (Å²) in [6.45, 7) is 5.38. The molecule has 1 aliphatic rings. The Bertz CT molecular complexity index is 1150. The van der Waals surface area contributed by atoms with E-state index in [1.807, 2.05) is 13.8 Å². The van der Waals surface area contributed by atoms with Gasteiger partial charge in [-0.3, -0.25) is 0 Å². The van der Waals surface area contributed by atoms with Crippen LogP contribution in [0.15, 0.2) is 24.5 Å². The van der Waals surface area contributed by atoms with Gasteiger partial charge in [-0.1, -0.05) is 0 Å². The van der Waals surface area contributed by atoms with Crippen molar-refractivity contribution in [3.63, 3.8) is 0 Å². The first-order valence-electron chi connectivity index (χ1n) is 9.57. The minimum absolute atomic E-state index is 0.0829. The maximum absolute atomic E-state index is 11.8. The van der Waals surface area contributed by atoms with Gasteiger partial charge in [-0.25, -0.2) is 24.2 Å². The van der Waals surface area contributed by atoms with Crippen LogP contribution in [0.4, 0.5) is 0 Å². The van der Waals surface area contributed by atoms with Gasteiger partial charge < -0.3 is 19.7 Å². The van der Waals surface area contributed by atoms with E-state index in [9.17, 15) is 14.7 Å². The number of carbonyl (C=O) groups is 2. The zero-order valence-electron chi connectivity index (χ0n) is 17.0. The molecule has 2 atom stereocenters. The van der Waals surface area contributed by atoms with Crippen molar-refractivity contribution in [1.29, 1.82) is 0 Å². The smallest absolute Gasteiger partial charge is 0.345 e. The van der Waals surface area contributed by atoms with Gasteiger partial charge in [-0.15, -0.1) is 11.3 Å². The number of carboxylic acids is 2. The average Bonchev–Trinajstić information content (AvgIpc) is 3.32. The first-order valence-corrected chi connectivity index (χ1v) is 10.4. The second-order valence-corrected chi connectivity index (χ2v) is 8.40. The summed E-state index contributed by atoms with van der Waals surface area (Å²) >= 11 is 1.35. The Kier molecular flexibility index (Phi) is 5.36. The van der Waals surface area contributed by atoms with Crippen molar-refractivity contribution >= 4 is 23.3 Å². The molecule has 0 saturated heterocycles. The van der Waals surface area contributed by atoms with Gasteiger partial charge in [-0.05, 0) is 32.9 Å². The zero-order chi connectivity index (χ0) is 22.3. The molecular weight excluding hydrogens is 424 g/mol. The van der Waals surface area contributed by atoms with Gasteiger partial charge in [0.05, 0.1) is 5.69 Å². The number of rotatable bonds is 6. The molecule has 0 radical (unpaired) electrons. The molecule has 0 aliphatic carbocycles. The Labute approximate surface area is 181 Å². The molecule has 0 fully saturated rings. The van der Waals surface area contributed by atoms with E-state index in [4.69, 9.17) is 19.6 Å². The van der Waals surface area contributed by atoms with Crippen molar-refractivity contribution in [2.75, 3.05) is 0 Å². The van der Waals surface area contributed by atoms with Crippen LogP contribution >= 0.6 is 11.3 Å². The third-order valence-corrected chi connectivity index (χ3v) is 5.81. The second kappa shape index (κ2) is 7.99. The van der Waals surface area contributed by atoms with Crippen molar-refractivity contribution in [3.05, 3.63) is 29.4 Å². The highest BCUT2D eigenvalue weighted by atomic mass is 32.1. The van der Waals surface area contributed by atoms with Crippen LogP contribution < -0.4 is 9.47 Å². The molecule has 4 rings (SSSR count). The number of benzene rings is 1. The molecule has 31 heavy (non-hydrogen) atoms. The molecule has 162 valence electrons. The summed E-state index contributed by atoms with van der Waals surface area (Å²) in [7, 11) is 0. The van der Waals surface area contributed by atoms with E-state index in [1.54, 1.807) is 16.8 Å². The molecule has 2 N–H and O–H groups in total. The van der Waals surface area contributed by atoms with Crippen LogP contribution in [-0.4, -0.2) is 54.1 Å². The summed E-state index contributed by atoms with van der Waals surface area (Å²) in [5.74, 6) is -1.08. The molecule has 1 aliphatic heterocycles. The molecule has 10 nitrogen and oxygen atoms in total. The molecular formula is C20H20N4O6S. The fraction of sp³-hybridized carbons (Fsp3) is 0.350. The predicted molar refractivity (Wildman–Crippen MR) is 110 cm³/mol. The molecule has 1 aromatic carbocycles. The van der Waals surface area contributed by atoms with E-state index in [0.29, 0.717) is 22.1 Å². The Morgan fingerprint density at radius 2 is 2.06 bits per heavy atom. The number of carboxylic acid groups (broad SMARTS) is 2. The molecule has 0 spiro atoms. The van der Waals surface area contributed by atoms with Gasteiger partial charge in [0.2, 0.25) is 6.10 Å². The number of aliphatic carboxylic acids is 2. The number of thiazole rings is 1. The van der Waals surface area contributed by atoms with Crippen molar-refractivity contribution < 1.29 is 29.3 Å². The van der Waals surface area contributed by atoms with E-state index < -0.39 is 24.1 Å². The van der Waals surface area contributed by atoms with Crippen molar-refractivity contribution in [2.45, 2.75) is 45.4 Å². The van der Waals surface area contributed by atoms with E-state index in [1.165, 1.54) is 30.7 Å². The topological polar surface area (TPSA) is 137 Å². The highest BCUT2D eigenvalue weighted by Gasteiger charge is 2.31. The number of ether oxygens (including phenoxy) is 2. The third-order valence-electron chi connectivity index (χ3n) is 4.74. The van der Waals surface area contributed by atoms with Crippen molar-refractivity contribution in [3.8, 4) is 33.6 Å². The highest BCUT2D eigenvalue weighted by molar-refractivity contribution is 7.15.